The summed E-state index contributed by atoms with van der Waals surface area (Å²) in [6.07, 6.45) is 3.65. The maximum Gasteiger partial charge on any atom is 0.239 e. The Morgan fingerprint density at radius 3 is 2.48 bits per heavy atom. The van der Waals surface area contributed by atoms with Gasteiger partial charge in [0.1, 0.15) is 12.1 Å². The van der Waals surface area contributed by atoms with Gasteiger partial charge in [0.2, 0.25) is 5.91 Å². The van der Waals surface area contributed by atoms with Crippen LogP contribution in [-0.2, 0) is 11.2 Å². The molecule has 1 atom stereocenters. The molecular formula is C23H24ClN5O2. The highest BCUT2D eigenvalue weighted by Gasteiger charge is 2.27. The Kier molecular flexibility index (Phi) is 6.64. The predicted molar refractivity (Wildman–Crippen MR) is 120 cm³/mol. The van der Waals surface area contributed by atoms with Gasteiger partial charge in [-0.15, -0.1) is 0 Å². The van der Waals surface area contributed by atoms with Crippen LogP contribution in [0.3, 0.4) is 0 Å². The van der Waals surface area contributed by atoms with Gasteiger partial charge in [-0.05, 0) is 36.2 Å². The lowest BCUT2D eigenvalue weighted by Crippen LogP contribution is -2.53. The maximum absolute atomic E-state index is 12.8. The number of nitrogens with two attached hydrogens (primary N) is 1. The molecule has 1 fully saturated rings. The number of benzene rings is 2. The van der Waals surface area contributed by atoms with Crippen molar-refractivity contribution in [3.8, 4) is 11.5 Å². The summed E-state index contributed by atoms with van der Waals surface area (Å²) in [5.41, 5.74) is 7.19. The maximum atomic E-state index is 12.8. The van der Waals surface area contributed by atoms with E-state index in [4.69, 9.17) is 22.1 Å². The molecule has 31 heavy (non-hydrogen) atoms. The van der Waals surface area contributed by atoms with Crippen molar-refractivity contribution in [2.75, 3.05) is 31.1 Å². The summed E-state index contributed by atoms with van der Waals surface area (Å²) in [6, 6.07) is 16.4. The van der Waals surface area contributed by atoms with Crippen LogP contribution in [0.25, 0.3) is 0 Å². The van der Waals surface area contributed by atoms with Gasteiger partial charge in [0.25, 0.3) is 0 Å². The molecule has 2 aromatic carbocycles. The molecule has 1 amide bonds. The Bertz CT molecular complexity index is 1010. The Morgan fingerprint density at radius 1 is 1.06 bits per heavy atom. The summed E-state index contributed by atoms with van der Waals surface area (Å²) < 4.78 is 5.97. The van der Waals surface area contributed by atoms with Crippen molar-refractivity contribution in [2.45, 2.75) is 12.5 Å². The number of halogens is 1. The van der Waals surface area contributed by atoms with Crippen LogP contribution in [0.15, 0.2) is 67.1 Å². The van der Waals surface area contributed by atoms with Crippen LogP contribution in [0.5, 0.6) is 11.5 Å². The first-order valence-corrected chi connectivity index (χ1v) is 10.5. The molecule has 4 rings (SSSR count). The molecule has 2 heterocycles. The van der Waals surface area contributed by atoms with Crippen molar-refractivity contribution in [3.63, 3.8) is 0 Å². The summed E-state index contributed by atoms with van der Waals surface area (Å²) in [5, 5.41) is 0.667. The highest BCUT2D eigenvalue weighted by atomic mass is 35.5. The van der Waals surface area contributed by atoms with Gasteiger partial charge in [-0.3, -0.25) is 4.79 Å². The summed E-state index contributed by atoms with van der Waals surface area (Å²) in [4.78, 5) is 25.3. The van der Waals surface area contributed by atoms with E-state index < -0.39 is 6.04 Å². The molecule has 1 aromatic heterocycles. The molecular weight excluding hydrogens is 414 g/mol. The van der Waals surface area contributed by atoms with E-state index in [1.165, 1.54) is 6.33 Å². The minimum absolute atomic E-state index is 0.0435. The highest BCUT2D eigenvalue weighted by molar-refractivity contribution is 6.30. The zero-order chi connectivity index (χ0) is 21.6. The third kappa shape index (κ3) is 5.31. The number of piperazine rings is 1. The molecule has 0 bridgehead atoms. The first-order chi connectivity index (χ1) is 15.1. The fourth-order valence-corrected chi connectivity index (χ4v) is 3.70. The third-order valence-electron chi connectivity index (χ3n) is 5.21. The van der Waals surface area contributed by atoms with E-state index in [0.717, 1.165) is 17.1 Å². The van der Waals surface area contributed by atoms with Crippen molar-refractivity contribution in [2.24, 2.45) is 5.73 Å². The van der Waals surface area contributed by atoms with Crippen LogP contribution in [0.4, 0.5) is 5.82 Å². The van der Waals surface area contributed by atoms with Crippen molar-refractivity contribution < 1.29 is 9.53 Å². The monoisotopic (exact) mass is 437 g/mol. The van der Waals surface area contributed by atoms with Crippen molar-refractivity contribution >= 4 is 23.3 Å². The van der Waals surface area contributed by atoms with Crippen LogP contribution >= 0.6 is 11.6 Å². The lowest BCUT2D eigenvalue weighted by Gasteiger charge is -2.36. The van der Waals surface area contributed by atoms with Gasteiger partial charge >= 0.3 is 0 Å². The van der Waals surface area contributed by atoms with E-state index in [1.54, 1.807) is 6.20 Å². The first kappa shape index (κ1) is 21.1. The number of ether oxygens (including phenoxy) is 1. The average Bonchev–Trinajstić information content (AvgIpc) is 2.81. The van der Waals surface area contributed by atoms with Gasteiger partial charge in [-0.2, -0.15) is 0 Å². The van der Waals surface area contributed by atoms with Gasteiger partial charge in [0.05, 0.1) is 12.2 Å². The molecule has 1 saturated heterocycles. The molecule has 7 nitrogen and oxygen atoms in total. The largest absolute Gasteiger partial charge is 0.452 e. The normalized spacial score (nSPS) is 14.9. The number of hydrogen-bond acceptors (Lipinski definition) is 6. The minimum atomic E-state index is -0.580. The van der Waals surface area contributed by atoms with E-state index in [1.807, 2.05) is 59.5 Å². The quantitative estimate of drug-likeness (QED) is 0.637. The number of nitrogens with zero attached hydrogens (tertiary/aromatic N) is 4. The zero-order valence-electron chi connectivity index (χ0n) is 17.0. The van der Waals surface area contributed by atoms with Gasteiger partial charge in [-0.25, -0.2) is 9.97 Å². The fourth-order valence-electron chi connectivity index (χ4n) is 3.57. The van der Waals surface area contributed by atoms with Crippen LogP contribution in [0, 0.1) is 0 Å². The Morgan fingerprint density at radius 2 is 1.77 bits per heavy atom. The second kappa shape index (κ2) is 9.76. The second-order valence-corrected chi connectivity index (χ2v) is 7.81. The number of para-hydroxylation sites is 1. The molecule has 0 radical (unpaired) electrons. The van der Waals surface area contributed by atoms with E-state index in [-0.39, 0.29) is 5.91 Å². The molecule has 1 aliphatic rings. The molecule has 160 valence electrons. The van der Waals surface area contributed by atoms with Crippen LogP contribution in [0.1, 0.15) is 5.56 Å². The topological polar surface area (TPSA) is 84.6 Å². The van der Waals surface area contributed by atoms with Gasteiger partial charge < -0.3 is 20.3 Å². The first-order valence-electron chi connectivity index (χ1n) is 10.2. The number of hydrogen-bond donors (Lipinski definition) is 1. The molecule has 0 spiro atoms. The van der Waals surface area contributed by atoms with Crippen LogP contribution < -0.4 is 15.4 Å². The number of aromatic nitrogens is 2. The lowest BCUT2D eigenvalue weighted by molar-refractivity contribution is -0.132. The standard InChI is InChI=1S/C23H24ClN5O2/c24-18-8-6-17(7-9-18)14-20(25)23(30)29-12-10-28(11-13-29)22-21(15-26-16-27-22)31-19-4-2-1-3-5-19/h1-9,15-16,20H,10-14,25H2/t20-/m1/s1. The van der Waals surface area contributed by atoms with Crippen molar-refractivity contribution in [1.29, 1.82) is 0 Å². The van der Waals surface area contributed by atoms with Gasteiger partial charge in [-0.1, -0.05) is 41.9 Å². The van der Waals surface area contributed by atoms with Gasteiger partial charge in [0, 0.05) is 31.2 Å². The van der Waals surface area contributed by atoms with Crippen LogP contribution in [-0.4, -0.2) is 53.0 Å². The minimum Gasteiger partial charge on any atom is -0.452 e. The molecule has 0 saturated carbocycles. The molecule has 3 aromatic rings. The Labute approximate surface area is 186 Å². The van der Waals surface area contributed by atoms with Gasteiger partial charge in [0.15, 0.2) is 11.6 Å². The second-order valence-electron chi connectivity index (χ2n) is 7.38. The summed E-state index contributed by atoms with van der Waals surface area (Å²) in [5.74, 6) is 1.99. The fraction of sp³-hybridized carbons (Fsp3) is 0.261. The number of carbonyl (C=O) groups excluding carboxylic acids is 1. The molecule has 2 N–H and O–H groups in total. The molecule has 8 heteroatoms. The van der Waals surface area contributed by atoms with E-state index in [0.29, 0.717) is 43.4 Å². The Hall–Kier alpha value is -3.16. The number of rotatable bonds is 6. The van der Waals surface area contributed by atoms with E-state index in [9.17, 15) is 4.79 Å². The molecule has 1 aliphatic heterocycles. The number of amides is 1. The molecule has 0 unspecified atom stereocenters. The van der Waals surface area contributed by atoms with E-state index in [2.05, 4.69) is 14.9 Å². The Balaban J connectivity index is 1.36. The highest BCUT2D eigenvalue weighted by Crippen LogP contribution is 2.30. The van der Waals surface area contributed by atoms with Crippen molar-refractivity contribution in [3.05, 3.63) is 77.7 Å². The SMILES string of the molecule is N[C@H](Cc1ccc(Cl)cc1)C(=O)N1CCN(c2ncncc2Oc2ccccc2)CC1. The smallest absolute Gasteiger partial charge is 0.239 e. The summed E-state index contributed by atoms with van der Waals surface area (Å²) >= 11 is 5.92. The third-order valence-corrected chi connectivity index (χ3v) is 5.46. The van der Waals surface area contributed by atoms with Crippen LogP contribution in [0.2, 0.25) is 5.02 Å². The summed E-state index contributed by atoms with van der Waals surface area (Å²) in [7, 11) is 0. The zero-order valence-corrected chi connectivity index (χ0v) is 17.8. The molecule has 0 aliphatic carbocycles. The predicted octanol–water partition coefficient (Wildman–Crippen LogP) is 3.14. The summed E-state index contributed by atoms with van der Waals surface area (Å²) in [6.45, 7) is 2.42. The average molecular weight is 438 g/mol. The number of anilines is 1. The van der Waals surface area contributed by atoms with Crippen molar-refractivity contribution in [1.82, 2.24) is 14.9 Å². The number of carbonyl (C=O) groups is 1. The lowest BCUT2D eigenvalue weighted by atomic mass is 10.1. The van der Waals surface area contributed by atoms with E-state index >= 15 is 0 Å².